The van der Waals surface area contributed by atoms with E-state index in [-0.39, 0.29) is 12.5 Å². The average Bonchev–Trinajstić information content (AvgIpc) is 2.03. The van der Waals surface area contributed by atoms with Gasteiger partial charge in [-0.1, -0.05) is 6.07 Å². The highest BCUT2D eigenvalue weighted by atomic mass is 16.1. The van der Waals surface area contributed by atoms with E-state index in [1.54, 1.807) is 11.6 Å². The normalized spacial score (nSPS) is 11.7. The molecule has 2 N–H and O–H groups in total. The zero-order chi connectivity index (χ0) is 9.84. The quantitative estimate of drug-likeness (QED) is 0.672. The van der Waals surface area contributed by atoms with Crippen molar-refractivity contribution in [2.75, 3.05) is 7.05 Å². The summed E-state index contributed by atoms with van der Waals surface area (Å²) >= 11 is 0. The zero-order valence-electron chi connectivity index (χ0n) is 7.82. The Labute approximate surface area is 76.7 Å². The van der Waals surface area contributed by atoms with Crippen molar-refractivity contribution in [3.8, 4) is 0 Å². The van der Waals surface area contributed by atoms with Gasteiger partial charge in [0.25, 0.3) is 0 Å². The van der Waals surface area contributed by atoms with E-state index in [2.05, 4.69) is 4.99 Å². The van der Waals surface area contributed by atoms with Gasteiger partial charge in [-0.15, -0.1) is 0 Å². The van der Waals surface area contributed by atoms with Crippen molar-refractivity contribution in [1.29, 1.82) is 0 Å². The molecule has 1 amide bonds. The van der Waals surface area contributed by atoms with Gasteiger partial charge in [0.2, 0.25) is 5.91 Å². The molecule has 0 aliphatic heterocycles. The molecule has 1 rings (SSSR count). The number of hydrogen-bond donors (Lipinski definition) is 1. The van der Waals surface area contributed by atoms with Crippen LogP contribution in [0, 0.1) is 6.92 Å². The molecule has 4 heteroatoms. The molecule has 0 aromatic carbocycles. The maximum absolute atomic E-state index is 10.7. The third-order valence-electron chi connectivity index (χ3n) is 1.70. The first-order chi connectivity index (χ1) is 6.13. The van der Waals surface area contributed by atoms with Crippen LogP contribution in [0.4, 0.5) is 0 Å². The second kappa shape index (κ2) is 3.89. The van der Waals surface area contributed by atoms with E-state index < -0.39 is 0 Å². The molecule has 1 aromatic heterocycles. The SMILES string of the molecule is CN=c1ccc(C)cn1CC(N)=O. The number of nitrogens with two attached hydrogens (primary N) is 1. The average molecular weight is 179 g/mol. The van der Waals surface area contributed by atoms with Gasteiger partial charge in [0, 0.05) is 13.2 Å². The van der Waals surface area contributed by atoms with Crippen molar-refractivity contribution in [1.82, 2.24) is 4.57 Å². The van der Waals surface area contributed by atoms with Gasteiger partial charge in [0.15, 0.2) is 0 Å². The highest BCUT2D eigenvalue weighted by molar-refractivity contribution is 5.73. The molecule has 0 saturated carbocycles. The Bertz CT molecular complexity index is 379. The Morgan fingerprint density at radius 3 is 2.85 bits per heavy atom. The number of hydrogen-bond acceptors (Lipinski definition) is 2. The van der Waals surface area contributed by atoms with Crippen molar-refractivity contribution in [3.63, 3.8) is 0 Å². The Morgan fingerprint density at radius 1 is 1.62 bits per heavy atom. The van der Waals surface area contributed by atoms with Gasteiger partial charge in [-0.05, 0) is 18.6 Å². The van der Waals surface area contributed by atoms with Crippen molar-refractivity contribution in [3.05, 3.63) is 29.4 Å². The molecule has 0 radical (unpaired) electrons. The maximum atomic E-state index is 10.7. The Kier molecular flexibility index (Phi) is 2.84. The second-order valence-electron chi connectivity index (χ2n) is 2.88. The predicted octanol–water partition coefficient (Wildman–Crippen LogP) is -0.188. The van der Waals surface area contributed by atoms with E-state index in [1.807, 2.05) is 25.3 Å². The number of carbonyl (C=O) groups excluding carboxylic acids is 1. The smallest absolute Gasteiger partial charge is 0.237 e. The minimum Gasteiger partial charge on any atom is -0.368 e. The molecule has 13 heavy (non-hydrogen) atoms. The Hall–Kier alpha value is -1.58. The topological polar surface area (TPSA) is 60.4 Å². The fourth-order valence-electron chi connectivity index (χ4n) is 1.15. The first-order valence-corrected chi connectivity index (χ1v) is 4.01. The van der Waals surface area contributed by atoms with Crippen LogP contribution in [0.15, 0.2) is 23.3 Å². The van der Waals surface area contributed by atoms with Crippen LogP contribution in [0.1, 0.15) is 5.56 Å². The lowest BCUT2D eigenvalue weighted by molar-refractivity contribution is -0.118. The van der Waals surface area contributed by atoms with Gasteiger partial charge in [-0.25, -0.2) is 0 Å². The van der Waals surface area contributed by atoms with Crippen LogP contribution >= 0.6 is 0 Å². The summed E-state index contributed by atoms with van der Waals surface area (Å²) in [4.78, 5) is 14.7. The summed E-state index contributed by atoms with van der Waals surface area (Å²) in [5, 5.41) is 0. The number of rotatable bonds is 2. The molecule has 0 atom stereocenters. The van der Waals surface area contributed by atoms with Gasteiger partial charge >= 0.3 is 0 Å². The number of amides is 1. The summed E-state index contributed by atoms with van der Waals surface area (Å²) in [6.07, 6.45) is 1.85. The molecule has 70 valence electrons. The van der Waals surface area contributed by atoms with Gasteiger partial charge in [0.1, 0.15) is 12.0 Å². The number of carbonyl (C=O) groups is 1. The predicted molar refractivity (Wildman–Crippen MR) is 49.9 cm³/mol. The molecule has 0 saturated heterocycles. The fraction of sp³-hybridized carbons (Fsp3) is 0.333. The first-order valence-electron chi connectivity index (χ1n) is 4.01. The minimum atomic E-state index is -0.361. The summed E-state index contributed by atoms with van der Waals surface area (Å²) in [6, 6.07) is 3.80. The van der Waals surface area contributed by atoms with E-state index in [9.17, 15) is 4.79 Å². The number of aromatic nitrogens is 1. The molecule has 4 nitrogen and oxygen atoms in total. The molecule has 0 unspecified atom stereocenters. The Morgan fingerprint density at radius 2 is 2.31 bits per heavy atom. The van der Waals surface area contributed by atoms with Gasteiger partial charge in [-0.2, -0.15) is 0 Å². The first kappa shape index (κ1) is 9.51. The van der Waals surface area contributed by atoms with Crippen LogP contribution in [-0.2, 0) is 11.3 Å². The molecular formula is C9H13N3O. The monoisotopic (exact) mass is 179 g/mol. The van der Waals surface area contributed by atoms with Crippen molar-refractivity contribution in [2.45, 2.75) is 13.5 Å². The van der Waals surface area contributed by atoms with E-state index in [0.717, 1.165) is 11.1 Å². The summed E-state index contributed by atoms with van der Waals surface area (Å²) in [6.45, 7) is 2.13. The fourth-order valence-corrected chi connectivity index (χ4v) is 1.15. The number of nitrogens with zero attached hydrogens (tertiary/aromatic N) is 2. The third kappa shape index (κ3) is 2.43. The zero-order valence-corrected chi connectivity index (χ0v) is 7.82. The number of pyridine rings is 1. The van der Waals surface area contributed by atoms with Crippen LogP contribution < -0.4 is 11.2 Å². The van der Waals surface area contributed by atoms with E-state index in [4.69, 9.17) is 5.73 Å². The number of aryl methyl sites for hydroxylation is 1. The molecule has 1 heterocycles. The van der Waals surface area contributed by atoms with E-state index >= 15 is 0 Å². The molecule has 0 fully saturated rings. The molecule has 0 aliphatic carbocycles. The van der Waals surface area contributed by atoms with Crippen LogP contribution in [0.25, 0.3) is 0 Å². The standard InChI is InChI=1S/C9H13N3O/c1-7-3-4-9(11-2)12(5-7)6-8(10)13/h3-5H,6H2,1-2H3,(H2,10,13). The van der Waals surface area contributed by atoms with E-state index in [1.165, 1.54) is 0 Å². The molecule has 1 aromatic rings. The van der Waals surface area contributed by atoms with Crippen molar-refractivity contribution >= 4 is 5.91 Å². The van der Waals surface area contributed by atoms with Crippen molar-refractivity contribution in [2.24, 2.45) is 10.7 Å². The lowest BCUT2D eigenvalue weighted by Crippen LogP contribution is -2.28. The highest BCUT2D eigenvalue weighted by Gasteiger charge is 1.97. The Balaban J connectivity index is 3.17. The van der Waals surface area contributed by atoms with Gasteiger partial charge in [-0.3, -0.25) is 9.79 Å². The molecule has 0 bridgehead atoms. The van der Waals surface area contributed by atoms with Crippen LogP contribution in [0.3, 0.4) is 0 Å². The summed E-state index contributed by atoms with van der Waals surface area (Å²) in [7, 11) is 1.68. The molecule has 0 spiro atoms. The van der Waals surface area contributed by atoms with Crippen LogP contribution in [0.5, 0.6) is 0 Å². The lowest BCUT2D eigenvalue weighted by Gasteiger charge is -2.05. The van der Waals surface area contributed by atoms with Gasteiger partial charge < -0.3 is 10.3 Å². The lowest BCUT2D eigenvalue weighted by atomic mass is 10.3. The largest absolute Gasteiger partial charge is 0.368 e. The van der Waals surface area contributed by atoms with Gasteiger partial charge in [0.05, 0.1) is 0 Å². The summed E-state index contributed by atoms with van der Waals surface area (Å²) in [5.74, 6) is -0.361. The summed E-state index contributed by atoms with van der Waals surface area (Å²) in [5.41, 5.74) is 6.93. The highest BCUT2D eigenvalue weighted by Crippen LogP contribution is 1.91. The maximum Gasteiger partial charge on any atom is 0.237 e. The molecule has 0 aliphatic rings. The van der Waals surface area contributed by atoms with E-state index in [0.29, 0.717) is 0 Å². The molecular weight excluding hydrogens is 166 g/mol. The number of primary amides is 1. The summed E-state index contributed by atoms with van der Waals surface area (Å²) < 4.78 is 1.73. The third-order valence-corrected chi connectivity index (χ3v) is 1.70. The van der Waals surface area contributed by atoms with Crippen molar-refractivity contribution < 1.29 is 4.79 Å². The minimum absolute atomic E-state index is 0.175. The van der Waals surface area contributed by atoms with Crippen LogP contribution in [0.2, 0.25) is 0 Å². The van der Waals surface area contributed by atoms with Crippen LogP contribution in [-0.4, -0.2) is 17.5 Å². The second-order valence-corrected chi connectivity index (χ2v) is 2.88.